The first-order valence-electron chi connectivity index (χ1n) is 4.13. The maximum Gasteiger partial charge on any atom is 0.0322 e. The van der Waals surface area contributed by atoms with E-state index in [1.165, 1.54) is 9.35 Å². The van der Waals surface area contributed by atoms with Crippen LogP contribution in [0.5, 0.6) is 0 Å². The van der Waals surface area contributed by atoms with Crippen molar-refractivity contribution >= 4 is 50.6 Å². The molecule has 1 rings (SSSR count). The first-order valence-corrected chi connectivity index (χ1v) is 7.39. The van der Waals surface area contributed by atoms with Crippen molar-refractivity contribution in [3.8, 4) is 0 Å². The molecule has 0 bridgehead atoms. The Kier molecular flexibility index (Phi) is 5.79. The van der Waals surface area contributed by atoms with Gasteiger partial charge in [-0.3, -0.25) is 0 Å². The number of halogens is 2. The lowest BCUT2D eigenvalue weighted by Gasteiger charge is -2.07. The Bertz CT molecular complexity index is 250. The smallest absolute Gasteiger partial charge is 0.0322 e. The van der Waals surface area contributed by atoms with Crippen LogP contribution < -0.4 is 0 Å². The van der Waals surface area contributed by atoms with E-state index in [-0.39, 0.29) is 0 Å². The van der Waals surface area contributed by atoms with Crippen LogP contribution in [0, 0.1) is 0 Å². The number of thiophene rings is 1. The van der Waals surface area contributed by atoms with Crippen molar-refractivity contribution in [2.24, 2.45) is 0 Å². The summed E-state index contributed by atoms with van der Waals surface area (Å²) in [5.74, 6) is 1.86. The maximum atomic E-state index is 5.67. The van der Waals surface area contributed by atoms with E-state index in [0.717, 1.165) is 18.1 Å². The fourth-order valence-electron chi connectivity index (χ4n) is 0.883. The predicted molar refractivity (Wildman–Crippen MR) is 68.1 cm³/mol. The molecule has 1 aromatic rings. The molecule has 0 fully saturated rings. The van der Waals surface area contributed by atoms with Gasteiger partial charge in [-0.1, -0.05) is 6.92 Å². The molecule has 4 heteroatoms. The molecule has 74 valence electrons. The molecule has 0 saturated heterocycles. The van der Waals surface area contributed by atoms with Gasteiger partial charge in [0.2, 0.25) is 0 Å². The average molecular weight is 300 g/mol. The van der Waals surface area contributed by atoms with Crippen molar-refractivity contribution in [3.05, 3.63) is 20.8 Å². The molecule has 0 aromatic carbocycles. The van der Waals surface area contributed by atoms with Crippen LogP contribution in [0.3, 0.4) is 0 Å². The molecule has 0 spiro atoms. The summed E-state index contributed by atoms with van der Waals surface area (Å²) in [5.41, 5.74) is 0. The normalized spacial score (nSPS) is 13.2. The zero-order valence-electron chi connectivity index (χ0n) is 7.43. The van der Waals surface area contributed by atoms with Gasteiger partial charge in [-0.15, -0.1) is 22.9 Å². The van der Waals surface area contributed by atoms with Crippen molar-refractivity contribution < 1.29 is 0 Å². The summed E-state index contributed by atoms with van der Waals surface area (Å²) in [7, 11) is 0. The van der Waals surface area contributed by atoms with E-state index in [0.29, 0.717) is 5.25 Å². The van der Waals surface area contributed by atoms with E-state index in [1.807, 2.05) is 23.1 Å². The fraction of sp³-hybridized carbons (Fsp3) is 0.556. The number of thioether (sulfide) groups is 1. The zero-order valence-corrected chi connectivity index (χ0v) is 11.4. The van der Waals surface area contributed by atoms with Gasteiger partial charge in [-0.05, 0) is 33.8 Å². The van der Waals surface area contributed by atoms with Gasteiger partial charge in [0.25, 0.3) is 0 Å². The lowest BCUT2D eigenvalue weighted by Crippen LogP contribution is -1.96. The van der Waals surface area contributed by atoms with E-state index < -0.39 is 0 Å². The molecule has 0 aliphatic heterocycles. The summed E-state index contributed by atoms with van der Waals surface area (Å²) in [6, 6.07) is 2.10. The third-order valence-electron chi connectivity index (χ3n) is 1.71. The van der Waals surface area contributed by atoms with Crippen LogP contribution in [0.2, 0.25) is 0 Å². The summed E-state index contributed by atoms with van der Waals surface area (Å²) in [6.45, 7) is 2.23. The van der Waals surface area contributed by atoms with Gasteiger partial charge in [0, 0.05) is 26.2 Å². The predicted octanol–water partition coefficient (Wildman–Crippen LogP) is 4.76. The molecule has 1 aromatic heterocycles. The van der Waals surface area contributed by atoms with Crippen molar-refractivity contribution in [3.63, 3.8) is 0 Å². The van der Waals surface area contributed by atoms with Gasteiger partial charge < -0.3 is 0 Å². The molecule has 0 radical (unpaired) electrons. The molecule has 1 atom stereocenters. The van der Waals surface area contributed by atoms with Gasteiger partial charge in [0.15, 0.2) is 0 Å². The van der Waals surface area contributed by atoms with Crippen LogP contribution in [0.1, 0.15) is 18.2 Å². The second-order valence-corrected chi connectivity index (χ2v) is 6.45. The Morgan fingerprint density at radius 3 is 3.00 bits per heavy atom. The molecular formula is C9H12BrClS2. The van der Waals surface area contributed by atoms with E-state index in [1.54, 1.807) is 0 Å². The first-order chi connectivity index (χ1) is 6.24. The minimum Gasteiger partial charge on any atom is -0.153 e. The Labute approximate surface area is 101 Å². The highest BCUT2D eigenvalue weighted by atomic mass is 79.9. The number of alkyl halides is 1. The van der Waals surface area contributed by atoms with Crippen molar-refractivity contribution in [2.45, 2.75) is 24.3 Å². The summed E-state index contributed by atoms with van der Waals surface area (Å²) >= 11 is 13.0. The average Bonchev–Trinajstić information content (AvgIpc) is 2.48. The van der Waals surface area contributed by atoms with Gasteiger partial charge in [-0.25, -0.2) is 0 Å². The van der Waals surface area contributed by atoms with Gasteiger partial charge in [-0.2, -0.15) is 11.8 Å². The Morgan fingerprint density at radius 1 is 1.69 bits per heavy atom. The first kappa shape index (κ1) is 11.9. The molecule has 0 nitrogen and oxygen atoms in total. The highest BCUT2D eigenvalue weighted by molar-refractivity contribution is 9.10. The second kappa shape index (κ2) is 6.33. The number of rotatable bonds is 5. The van der Waals surface area contributed by atoms with Crippen LogP contribution in [0.4, 0.5) is 0 Å². The number of hydrogen-bond donors (Lipinski definition) is 0. The molecule has 13 heavy (non-hydrogen) atoms. The van der Waals surface area contributed by atoms with Gasteiger partial charge >= 0.3 is 0 Å². The van der Waals surface area contributed by atoms with Crippen molar-refractivity contribution in [1.29, 1.82) is 0 Å². The third-order valence-corrected chi connectivity index (χ3v) is 5.29. The van der Waals surface area contributed by atoms with Gasteiger partial charge in [0.1, 0.15) is 0 Å². The minimum absolute atomic E-state index is 0.659. The van der Waals surface area contributed by atoms with Crippen molar-refractivity contribution in [2.75, 3.05) is 5.88 Å². The lowest BCUT2D eigenvalue weighted by atomic mass is 10.4. The SMILES string of the molecule is CC(CCCl)SCc1sccc1Br. The molecule has 0 aliphatic rings. The molecule has 0 N–H and O–H groups in total. The molecule has 1 unspecified atom stereocenters. The summed E-state index contributed by atoms with van der Waals surface area (Å²) in [5, 5.41) is 2.78. The van der Waals surface area contributed by atoms with E-state index in [9.17, 15) is 0 Å². The maximum absolute atomic E-state index is 5.67. The third kappa shape index (κ3) is 4.24. The second-order valence-electron chi connectivity index (χ2n) is 2.79. The topological polar surface area (TPSA) is 0 Å². The standard InChI is InChI=1S/C9H12BrClS2/c1-7(2-4-11)13-6-9-8(10)3-5-12-9/h3,5,7H,2,4,6H2,1H3. The Hall–Kier alpha value is 0.820. The van der Waals surface area contributed by atoms with E-state index in [4.69, 9.17) is 11.6 Å². The quantitative estimate of drug-likeness (QED) is 0.706. The van der Waals surface area contributed by atoms with Gasteiger partial charge in [0.05, 0.1) is 0 Å². The molecular weight excluding hydrogens is 288 g/mol. The highest BCUT2D eigenvalue weighted by Gasteiger charge is 2.05. The zero-order chi connectivity index (χ0) is 9.68. The van der Waals surface area contributed by atoms with Crippen LogP contribution in [0.15, 0.2) is 15.9 Å². The van der Waals surface area contributed by atoms with E-state index in [2.05, 4.69) is 34.3 Å². The number of hydrogen-bond acceptors (Lipinski definition) is 2. The minimum atomic E-state index is 0.659. The molecule has 0 saturated carbocycles. The molecule has 1 heterocycles. The lowest BCUT2D eigenvalue weighted by molar-refractivity contribution is 0.912. The molecule has 0 amide bonds. The van der Waals surface area contributed by atoms with Crippen molar-refractivity contribution in [1.82, 2.24) is 0 Å². The van der Waals surface area contributed by atoms with E-state index >= 15 is 0 Å². The monoisotopic (exact) mass is 298 g/mol. The highest BCUT2D eigenvalue weighted by Crippen LogP contribution is 2.29. The Balaban J connectivity index is 2.30. The van der Waals surface area contributed by atoms with Crippen LogP contribution >= 0.6 is 50.6 Å². The largest absolute Gasteiger partial charge is 0.153 e. The van der Waals surface area contributed by atoms with Crippen LogP contribution in [-0.4, -0.2) is 11.1 Å². The fourth-order valence-corrected chi connectivity index (χ4v) is 4.15. The summed E-state index contributed by atoms with van der Waals surface area (Å²) in [6.07, 6.45) is 1.09. The van der Waals surface area contributed by atoms with Crippen LogP contribution in [-0.2, 0) is 5.75 Å². The van der Waals surface area contributed by atoms with Crippen LogP contribution in [0.25, 0.3) is 0 Å². The summed E-state index contributed by atoms with van der Waals surface area (Å²) in [4.78, 5) is 1.42. The Morgan fingerprint density at radius 2 is 2.46 bits per heavy atom. The molecule has 0 aliphatic carbocycles. The summed E-state index contributed by atoms with van der Waals surface area (Å²) < 4.78 is 1.24.